The summed E-state index contributed by atoms with van der Waals surface area (Å²) in [6, 6.07) is 16.4. The minimum atomic E-state index is -0.0751. The Morgan fingerprint density at radius 1 is 0.871 bits per heavy atom. The van der Waals surface area contributed by atoms with Gasteiger partial charge in [0, 0.05) is 39.3 Å². The molecule has 3 N–H and O–H groups in total. The Morgan fingerprint density at radius 3 is 1.90 bits per heavy atom. The predicted octanol–water partition coefficient (Wildman–Crippen LogP) is 3.52. The number of carbonyl (C=O) groups excluding carboxylic acids is 1. The number of guanidine groups is 1. The van der Waals surface area contributed by atoms with E-state index in [0.29, 0.717) is 12.1 Å². The fourth-order valence-electron chi connectivity index (χ4n) is 3.65. The van der Waals surface area contributed by atoms with Crippen molar-refractivity contribution >= 4 is 35.8 Å². The first kappa shape index (κ1) is 25.1. The molecule has 0 unspecified atom stereocenters. The summed E-state index contributed by atoms with van der Waals surface area (Å²) in [4.78, 5) is 18.5. The molecule has 0 saturated carbocycles. The molecule has 1 aliphatic rings. The predicted molar refractivity (Wildman–Crippen MR) is 138 cm³/mol. The third-order valence-electron chi connectivity index (χ3n) is 5.46. The van der Waals surface area contributed by atoms with Crippen molar-refractivity contribution in [1.82, 2.24) is 20.9 Å². The zero-order valence-corrected chi connectivity index (χ0v) is 20.8. The molecule has 31 heavy (non-hydrogen) atoms. The quantitative estimate of drug-likeness (QED) is 0.289. The van der Waals surface area contributed by atoms with Crippen molar-refractivity contribution in [3.8, 4) is 0 Å². The van der Waals surface area contributed by atoms with Crippen molar-refractivity contribution in [1.29, 1.82) is 0 Å². The molecule has 1 fully saturated rings. The Bertz CT molecular complexity index is 830. The third kappa shape index (κ3) is 8.14. The highest BCUT2D eigenvalue weighted by atomic mass is 127. The second kappa shape index (κ2) is 13.3. The van der Waals surface area contributed by atoms with Crippen LogP contribution in [0.5, 0.6) is 0 Å². The first-order valence-corrected chi connectivity index (χ1v) is 10.7. The molecule has 0 spiro atoms. The van der Waals surface area contributed by atoms with Crippen LogP contribution < -0.4 is 16.0 Å². The van der Waals surface area contributed by atoms with E-state index in [0.717, 1.165) is 24.6 Å². The summed E-state index contributed by atoms with van der Waals surface area (Å²) in [5.41, 5.74) is 4.36. The van der Waals surface area contributed by atoms with E-state index in [4.69, 9.17) is 0 Å². The van der Waals surface area contributed by atoms with Crippen molar-refractivity contribution in [3.63, 3.8) is 0 Å². The molecule has 0 aromatic heterocycles. The number of piperidine rings is 1. The van der Waals surface area contributed by atoms with Crippen LogP contribution in [-0.2, 0) is 19.6 Å². The molecule has 0 radical (unpaired) electrons. The summed E-state index contributed by atoms with van der Waals surface area (Å²) in [6.45, 7) is 4.86. The number of halogens is 1. The fourth-order valence-corrected chi connectivity index (χ4v) is 3.65. The summed E-state index contributed by atoms with van der Waals surface area (Å²) in [5, 5.41) is 9.31. The molecule has 6 nitrogen and oxygen atoms in total. The van der Waals surface area contributed by atoms with Crippen molar-refractivity contribution in [3.05, 3.63) is 70.8 Å². The molecule has 1 heterocycles. The van der Waals surface area contributed by atoms with Crippen LogP contribution in [0, 0.1) is 0 Å². The van der Waals surface area contributed by atoms with Crippen LogP contribution in [0.4, 0.5) is 0 Å². The maximum absolute atomic E-state index is 11.6. The molecule has 1 amide bonds. The maximum Gasteiger partial charge on any atom is 0.251 e. The smallest absolute Gasteiger partial charge is 0.251 e. The zero-order chi connectivity index (χ0) is 21.2. The third-order valence-corrected chi connectivity index (χ3v) is 5.46. The standard InChI is InChI=1S/C24H33N5O.HI/c1-25-23(30)22-12-10-20(11-13-22)17-28-24(26-2)27-16-19-6-8-21(9-7-19)18-29-14-4-3-5-15-29;/h6-13H,3-5,14-18H2,1-2H3,(H,25,30)(H2,26,27,28);1H. The van der Waals surface area contributed by atoms with Gasteiger partial charge in [0.1, 0.15) is 0 Å². The molecule has 3 rings (SSSR count). The van der Waals surface area contributed by atoms with Gasteiger partial charge in [0.2, 0.25) is 0 Å². The number of hydrogen-bond acceptors (Lipinski definition) is 3. The van der Waals surface area contributed by atoms with Crippen LogP contribution in [-0.4, -0.2) is 44.0 Å². The number of amides is 1. The number of nitrogens with zero attached hydrogens (tertiary/aromatic N) is 2. The highest BCUT2D eigenvalue weighted by molar-refractivity contribution is 14.0. The second-order valence-electron chi connectivity index (χ2n) is 7.71. The minimum absolute atomic E-state index is 0. The lowest BCUT2D eigenvalue weighted by molar-refractivity contribution is 0.0963. The van der Waals surface area contributed by atoms with Gasteiger partial charge < -0.3 is 16.0 Å². The molecular formula is C24H34IN5O. The van der Waals surface area contributed by atoms with Gasteiger partial charge in [-0.2, -0.15) is 0 Å². The molecule has 7 heteroatoms. The summed E-state index contributed by atoms with van der Waals surface area (Å²) < 4.78 is 0. The van der Waals surface area contributed by atoms with Crippen molar-refractivity contribution < 1.29 is 4.79 Å². The number of carbonyl (C=O) groups is 1. The van der Waals surface area contributed by atoms with Crippen LogP contribution in [0.15, 0.2) is 53.5 Å². The molecule has 2 aromatic carbocycles. The molecular weight excluding hydrogens is 501 g/mol. The number of benzene rings is 2. The van der Waals surface area contributed by atoms with E-state index in [1.807, 2.05) is 24.3 Å². The lowest BCUT2D eigenvalue weighted by Crippen LogP contribution is -2.36. The van der Waals surface area contributed by atoms with Gasteiger partial charge in [0.25, 0.3) is 5.91 Å². The van der Waals surface area contributed by atoms with Gasteiger partial charge in [-0.05, 0) is 54.8 Å². The largest absolute Gasteiger partial charge is 0.355 e. The van der Waals surface area contributed by atoms with Gasteiger partial charge >= 0.3 is 0 Å². The number of nitrogens with one attached hydrogen (secondary N) is 3. The SMILES string of the molecule is CN=C(NCc1ccc(CN2CCCCC2)cc1)NCc1ccc(C(=O)NC)cc1.I. The number of likely N-dealkylation sites (tertiary alicyclic amines) is 1. The minimum Gasteiger partial charge on any atom is -0.355 e. The van der Waals surface area contributed by atoms with Crippen LogP contribution >= 0.6 is 24.0 Å². The maximum atomic E-state index is 11.6. The zero-order valence-electron chi connectivity index (χ0n) is 18.5. The lowest BCUT2D eigenvalue weighted by Gasteiger charge is -2.26. The van der Waals surface area contributed by atoms with E-state index in [-0.39, 0.29) is 29.9 Å². The molecule has 0 aliphatic carbocycles. The average Bonchev–Trinajstić information content (AvgIpc) is 2.80. The normalized spacial score (nSPS) is 14.5. The van der Waals surface area contributed by atoms with Crippen molar-refractivity contribution in [2.24, 2.45) is 4.99 Å². The Morgan fingerprint density at radius 2 is 1.39 bits per heavy atom. The van der Waals surface area contributed by atoms with E-state index in [1.165, 1.54) is 43.5 Å². The van der Waals surface area contributed by atoms with Gasteiger partial charge in [0.15, 0.2) is 5.96 Å². The highest BCUT2D eigenvalue weighted by Gasteiger charge is 2.10. The van der Waals surface area contributed by atoms with Crippen LogP contribution in [0.2, 0.25) is 0 Å². The fraction of sp³-hybridized carbons (Fsp3) is 0.417. The van der Waals surface area contributed by atoms with Crippen LogP contribution in [0.25, 0.3) is 0 Å². The summed E-state index contributed by atoms with van der Waals surface area (Å²) >= 11 is 0. The van der Waals surface area contributed by atoms with E-state index in [1.54, 1.807) is 14.1 Å². The van der Waals surface area contributed by atoms with E-state index in [9.17, 15) is 4.79 Å². The van der Waals surface area contributed by atoms with Gasteiger partial charge in [-0.15, -0.1) is 24.0 Å². The molecule has 1 aliphatic heterocycles. The first-order chi connectivity index (χ1) is 14.7. The molecule has 2 aromatic rings. The molecule has 0 bridgehead atoms. The van der Waals surface area contributed by atoms with Crippen LogP contribution in [0.1, 0.15) is 46.3 Å². The molecule has 168 valence electrons. The first-order valence-electron chi connectivity index (χ1n) is 10.7. The summed E-state index contributed by atoms with van der Waals surface area (Å²) in [6.07, 6.45) is 4.02. The van der Waals surface area contributed by atoms with E-state index >= 15 is 0 Å². The Labute approximate surface area is 202 Å². The summed E-state index contributed by atoms with van der Waals surface area (Å²) in [7, 11) is 3.40. The monoisotopic (exact) mass is 535 g/mol. The second-order valence-corrected chi connectivity index (χ2v) is 7.71. The van der Waals surface area contributed by atoms with Gasteiger partial charge in [-0.1, -0.05) is 42.8 Å². The number of rotatable bonds is 7. The van der Waals surface area contributed by atoms with Crippen molar-refractivity contribution in [2.75, 3.05) is 27.2 Å². The summed E-state index contributed by atoms with van der Waals surface area (Å²) in [5.74, 6) is 0.678. The van der Waals surface area contributed by atoms with E-state index in [2.05, 4.69) is 50.1 Å². The van der Waals surface area contributed by atoms with Gasteiger partial charge in [0.05, 0.1) is 0 Å². The Hall–Kier alpha value is -2.13. The highest BCUT2D eigenvalue weighted by Crippen LogP contribution is 2.13. The van der Waals surface area contributed by atoms with Crippen LogP contribution in [0.3, 0.4) is 0 Å². The molecule has 1 saturated heterocycles. The Kier molecular flexibility index (Phi) is 10.8. The van der Waals surface area contributed by atoms with Gasteiger partial charge in [-0.25, -0.2) is 0 Å². The Balaban J connectivity index is 0.00000341. The number of hydrogen-bond donors (Lipinski definition) is 3. The lowest BCUT2D eigenvalue weighted by atomic mass is 10.1. The average molecular weight is 535 g/mol. The number of aliphatic imine (C=N–C) groups is 1. The molecule has 0 atom stereocenters. The van der Waals surface area contributed by atoms with Crippen molar-refractivity contribution in [2.45, 2.75) is 38.9 Å². The topological polar surface area (TPSA) is 68.8 Å². The van der Waals surface area contributed by atoms with Gasteiger partial charge in [-0.3, -0.25) is 14.7 Å². The van der Waals surface area contributed by atoms with E-state index < -0.39 is 0 Å².